The molecule has 6 heteroatoms. The van der Waals surface area contributed by atoms with Gasteiger partial charge < -0.3 is 15.5 Å². The van der Waals surface area contributed by atoms with Gasteiger partial charge in [0.1, 0.15) is 0 Å². The Kier molecular flexibility index (Phi) is 8.66. The Morgan fingerprint density at radius 2 is 2.12 bits per heavy atom. The lowest BCUT2D eigenvalue weighted by Crippen LogP contribution is -2.43. The van der Waals surface area contributed by atoms with Crippen LogP contribution in [-0.4, -0.2) is 59.9 Å². The highest BCUT2D eigenvalue weighted by Gasteiger charge is 2.17. The van der Waals surface area contributed by atoms with Crippen molar-refractivity contribution in [3.05, 3.63) is 18.5 Å². The molecule has 0 spiro atoms. The Balaban J connectivity index is 1.64. The third-order valence-corrected chi connectivity index (χ3v) is 4.67. The molecule has 1 aliphatic carbocycles. The first-order valence-corrected chi connectivity index (χ1v) is 9.49. The molecule has 1 aromatic rings. The van der Waals surface area contributed by atoms with Gasteiger partial charge in [0, 0.05) is 51.2 Å². The summed E-state index contributed by atoms with van der Waals surface area (Å²) in [7, 11) is 2.26. The minimum Gasteiger partial charge on any atom is -0.357 e. The molecule has 1 aromatic heterocycles. The predicted molar refractivity (Wildman–Crippen MR) is 100 cm³/mol. The Labute approximate surface area is 146 Å². The van der Waals surface area contributed by atoms with Gasteiger partial charge in [-0.1, -0.05) is 19.3 Å². The van der Waals surface area contributed by atoms with Crippen LogP contribution in [0.3, 0.4) is 0 Å². The van der Waals surface area contributed by atoms with Gasteiger partial charge in [0.2, 0.25) is 0 Å². The van der Waals surface area contributed by atoms with Gasteiger partial charge in [0.15, 0.2) is 5.96 Å². The monoisotopic (exact) mass is 334 g/mol. The minimum atomic E-state index is 0.772. The largest absolute Gasteiger partial charge is 0.357 e. The number of nitrogens with zero attached hydrogens (tertiary/aromatic N) is 4. The van der Waals surface area contributed by atoms with Gasteiger partial charge in [-0.3, -0.25) is 9.67 Å². The average Bonchev–Trinajstić information content (AvgIpc) is 3.12. The van der Waals surface area contributed by atoms with Crippen LogP contribution in [0.25, 0.3) is 0 Å². The van der Waals surface area contributed by atoms with Gasteiger partial charge in [-0.15, -0.1) is 0 Å². The van der Waals surface area contributed by atoms with Crippen LogP contribution in [-0.2, 0) is 6.54 Å². The maximum absolute atomic E-state index is 4.66. The Morgan fingerprint density at radius 3 is 2.83 bits per heavy atom. The average molecular weight is 335 g/mol. The molecule has 0 aliphatic heterocycles. The number of aromatic nitrogens is 2. The molecule has 1 saturated carbocycles. The number of hydrogen-bond donors (Lipinski definition) is 2. The lowest BCUT2D eigenvalue weighted by molar-refractivity contribution is 0.194. The topological polar surface area (TPSA) is 57.5 Å². The molecule has 6 nitrogen and oxygen atoms in total. The second kappa shape index (κ2) is 11.1. The first kappa shape index (κ1) is 18.8. The van der Waals surface area contributed by atoms with Crippen molar-refractivity contribution in [2.75, 3.05) is 33.2 Å². The quantitative estimate of drug-likeness (QED) is 0.412. The standard InChI is InChI=1S/C18H34N6/c1-3-19-18(20-11-7-14-24-15-8-12-22-24)21-13-16-23(2)17-9-5-4-6-10-17/h8,12,15,17H,3-7,9-11,13-14,16H2,1-2H3,(H2,19,20,21). The van der Waals surface area contributed by atoms with E-state index in [4.69, 9.17) is 0 Å². The van der Waals surface area contributed by atoms with E-state index in [1.54, 1.807) is 0 Å². The summed E-state index contributed by atoms with van der Waals surface area (Å²) < 4.78 is 1.95. The van der Waals surface area contributed by atoms with Crippen molar-refractivity contribution in [3.8, 4) is 0 Å². The van der Waals surface area contributed by atoms with Crippen molar-refractivity contribution < 1.29 is 0 Å². The van der Waals surface area contributed by atoms with Gasteiger partial charge >= 0.3 is 0 Å². The molecule has 0 unspecified atom stereocenters. The van der Waals surface area contributed by atoms with Crippen LogP contribution in [0.4, 0.5) is 0 Å². The van der Waals surface area contributed by atoms with Crippen LogP contribution >= 0.6 is 0 Å². The smallest absolute Gasteiger partial charge is 0.191 e. The molecule has 2 N–H and O–H groups in total. The molecule has 0 atom stereocenters. The van der Waals surface area contributed by atoms with Crippen molar-refractivity contribution >= 4 is 5.96 Å². The zero-order valence-electron chi connectivity index (χ0n) is 15.4. The van der Waals surface area contributed by atoms with E-state index in [-0.39, 0.29) is 0 Å². The number of guanidine groups is 1. The van der Waals surface area contributed by atoms with Gasteiger partial charge in [-0.2, -0.15) is 5.10 Å². The molecule has 0 saturated heterocycles. The molecule has 2 rings (SSSR count). The summed E-state index contributed by atoms with van der Waals surface area (Å²) in [6, 6.07) is 2.73. The molecule has 0 amide bonds. The van der Waals surface area contributed by atoms with Gasteiger partial charge in [0.25, 0.3) is 0 Å². The molecule has 0 aromatic carbocycles. The van der Waals surface area contributed by atoms with Crippen molar-refractivity contribution in [2.45, 2.75) is 58.0 Å². The Morgan fingerprint density at radius 1 is 1.29 bits per heavy atom. The minimum absolute atomic E-state index is 0.772. The maximum Gasteiger partial charge on any atom is 0.191 e. The molecule has 0 bridgehead atoms. The highest BCUT2D eigenvalue weighted by atomic mass is 15.3. The van der Waals surface area contributed by atoms with Crippen molar-refractivity contribution in [1.29, 1.82) is 0 Å². The summed E-state index contributed by atoms with van der Waals surface area (Å²) in [6.07, 6.45) is 11.7. The summed E-state index contributed by atoms with van der Waals surface area (Å²) >= 11 is 0. The molecular weight excluding hydrogens is 300 g/mol. The van der Waals surface area contributed by atoms with E-state index in [1.165, 1.54) is 32.1 Å². The zero-order chi connectivity index (χ0) is 17.0. The maximum atomic E-state index is 4.66. The third-order valence-electron chi connectivity index (χ3n) is 4.67. The van der Waals surface area contributed by atoms with E-state index in [0.717, 1.165) is 51.1 Å². The number of nitrogens with one attached hydrogen (secondary N) is 2. The zero-order valence-corrected chi connectivity index (χ0v) is 15.4. The fourth-order valence-electron chi connectivity index (χ4n) is 3.25. The van der Waals surface area contributed by atoms with Gasteiger partial charge in [0.05, 0.1) is 0 Å². The van der Waals surface area contributed by atoms with Crippen LogP contribution in [0.15, 0.2) is 23.5 Å². The van der Waals surface area contributed by atoms with E-state index in [1.807, 2.05) is 23.1 Å². The molecule has 136 valence electrons. The normalized spacial score (nSPS) is 16.5. The van der Waals surface area contributed by atoms with Crippen LogP contribution in [0, 0.1) is 0 Å². The molecule has 1 aliphatic rings. The van der Waals surface area contributed by atoms with E-state index in [0.29, 0.717) is 0 Å². The van der Waals surface area contributed by atoms with E-state index >= 15 is 0 Å². The predicted octanol–water partition coefficient (Wildman–Crippen LogP) is 2.09. The van der Waals surface area contributed by atoms with Gasteiger partial charge in [-0.05, 0) is 39.3 Å². The SMILES string of the molecule is CCNC(=NCCCn1cccn1)NCCN(C)C1CCCCC1. The fourth-order valence-corrected chi connectivity index (χ4v) is 3.25. The summed E-state index contributed by atoms with van der Waals surface area (Å²) in [5.74, 6) is 0.926. The first-order valence-electron chi connectivity index (χ1n) is 9.49. The van der Waals surface area contributed by atoms with Crippen molar-refractivity contribution in [2.24, 2.45) is 4.99 Å². The summed E-state index contributed by atoms with van der Waals surface area (Å²) in [5.41, 5.74) is 0. The number of aliphatic imine (C=N–C) groups is 1. The summed E-state index contributed by atoms with van der Waals surface area (Å²) in [6.45, 7) is 6.74. The molecule has 24 heavy (non-hydrogen) atoms. The van der Waals surface area contributed by atoms with Crippen LogP contribution in [0.2, 0.25) is 0 Å². The second-order valence-electron chi connectivity index (χ2n) is 6.58. The van der Waals surface area contributed by atoms with Crippen LogP contribution < -0.4 is 10.6 Å². The molecule has 0 radical (unpaired) electrons. The Hall–Kier alpha value is -1.56. The summed E-state index contributed by atoms with van der Waals surface area (Å²) in [5, 5.41) is 11.0. The van der Waals surface area contributed by atoms with E-state index in [2.05, 4.69) is 39.6 Å². The number of rotatable bonds is 9. The molecule has 1 fully saturated rings. The van der Waals surface area contributed by atoms with Crippen molar-refractivity contribution in [3.63, 3.8) is 0 Å². The third kappa shape index (κ3) is 6.91. The van der Waals surface area contributed by atoms with Crippen molar-refractivity contribution in [1.82, 2.24) is 25.3 Å². The fraction of sp³-hybridized carbons (Fsp3) is 0.778. The number of hydrogen-bond acceptors (Lipinski definition) is 3. The number of likely N-dealkylation sites (N-methyl/N-ethyl adjacent to an activating group) is 1. The first-order chi connectivity index (χ1) is 11.8. The number of aryl methyl sites for hydroxylation is 1. The van der Waals surface area contributed by atoms with Crippen LogP contribution in [0.1, 0.15) is 45.4 Å². The van der Waals surface area contributed by atoms with E-state index < -0.39 is 0 Å². The molecule has 1 heterocycles. The highest BCUT2D eigenvalue weighted by Crippen LogP contribution is 2.21. The highest BCUT2D eigenvalue weighted by molar-refractivity contribution is 5.79. The summed E-state index contributed by atoms with van der Waals surface area (Å²) in [4.78, 5) is 7.16. The second-order valence-corrected chi connectivity index (χ2v) is 6.58. The Bertz CT molecular complexity index is 450. The van der Waals surface area contributed by atoms with Crippen LogP contribution in [0.5, 0.6) is 0 Å². The molecular formula is C18H34N6. The van der Waals surface area contributed by atoms with E-state index in [9.17, 15) is 0 Å². The van der Waals surface area contributed by atoms with Gasteiger partial charge in [-0.25, -0.2) is 0 Å². The lowest BCUT2D eigenvalue weighted by Gasteiger charge is -2.31. The lowest BCUT2D eigenvalue weighted by atomic mass is 9.94.